The summed E-state index contributed by atoms with van der Waals surface area (Å²) >= 11 is 3.38. The van der Waals surface area contributed by atoms with E-state index in [9.17, 15) is 0 Å². The van der Waals surface area contributed by atoms with E-state index in [1.165, 1.54) is 25.7 Å². The molecule has 0 aliphatic heterocycles. The van der Waals surface area contributed by atoms with Crippen molar-refractivity contribution in [1.29, 1.82) is 0 Å². The van der Waals surface area contributed by atoms with E-state index >= 15 is 0 Å². The second kappa shape index (κ2) is 9.48. The molecule has 0 amide bonds. The van der Waals surface area contributed by atoms with Gasteiger partial charge in [-0.05, 0) is 6.42 Å². The smallest absolute Gasteiger partial charge is 0.0230 e. The molecule has 0 aliphatic rings. The fraction of sp³-hybridized carbons (Fsp3) is 1.00. The average molecular weight is 210 g/mol. The second-order valence-corrected chi connectivity index (χ2v) is 3.35. The molecule has 0 saturated carbocycles. The molecule has 0 N–H and O–H groups in total. The molecule has 0 aromatic carbocycles. The van der Waals surface area contributed by atoms with Crippen molar-refractivity contribution in [1.82, 2.24) is 0 Å². The fourth-order valence-corrected chi connectivity index (χ4v) is 1.32. The van der Waals surface area contributed by atoms with E-state index < -0.39 is 6.85 Å². The molecule has 0 aromatic heterocycles. The van der Waals surface area contributed by atoms with E-state index in [-0.39, 0.29) is 0 Å². The Hall–Kier alpha value is 0.480. The third-order valence-electron chi connectivity index (χ3n) is 1.56. The van der Waals surface area contributed by atoms with Crippen molar-refractivity contribution in [3.05, 3.63) is 0 Å². The highest BCUT2D eigenvalue weighted by atomic mass is 79.9. The first kappa shape index (κ1) is 6.05. The lowest BCUT2D eigenvalue weighted by atomic mass is 10.1. The van der Waals surface area contributed by atoms with Crippen LogP contribution >= 0.6 is 15.9 Å². The lowest BCUT2D eigenvalue weighted by molar-refractivity contribution is 0.604. The normalized spacial score (nSPS) is 15.9. The quantitative estimate of drug-likeness (QED) is 0.437. The van der Waals surface area contributed by atoms with Gasteiger partial charge in [0.2, 0.25) is 0 Å². The molecule has 0 radical (unpaired) electrons. The molecule has 0 fully saturated rings. The SMILES string of the molecule is [2H]C([2H])([2H])CCCCCCCCBr. The number of unbranched alkanes of at least 4 members (excludes halogenated alkanes) is 5. The summed E-state index contributed by atoms with van der Waals surface area (Å²) in [4.78, 5) is 0. The van der Waals surface area contributed by atoms with Gasteiger partial charge >= 0.3 is 0 Å². The van der Waals surface area contributed by atoms with Gasteiger partial charge in [-0.1, -0.05) is 61.3 Å². The maximum absolute atomic E-state index is 7.01. The first-order valence-corrected chi connectivity index (χ1v) is 5.24. The molecule has 0 rings (SSSR count). The zero-order chi connectivity index (χ0) is 10.2. The molecule has 0 atom stereocenters. The summed E-state index contributed by atoms with van der Waals surface area (Å²) in [5.41, 5.74) is 0. The third kappa shape index (κ3) is 8.48. The van der Waals surface area contributed by atoms with Crippen molar-refractivity contribution in [2.24, 2.45) is 0 Å². The van der Waals surface area contributed by atoms with Gasteiger partial charge in [-0.25, -0.2) is 0 Å². The van der Waals surface area contributed by atoms with Crippen LogP contribution in [-0.2, 0) is 0 Å². The highest BCUT2D eigenvalue weighted by Gasteiger charge is 1.88. The highest BCUT2D eigenvalue weighted by molar-refractivity contribution is 9.09. The van der Waals surface area contributed by atoms with Crippen LogP contribution in [-0.4, -0.2) is 5.33 Å². The van der Waals surface area contributed by atoms with Gasteiger partial charge < -0.3 is 0 Å². The van der Waals surface area contributed by atoms with Crippen LogP contribution in [0.15, 0.2) is 0 Å². The Balaban J connectivity index is 3.00. The molecule has 1 heteroatoms. The van der Waals surface area contributed by atoms with E-state index in [1.54, 1.807) is 0 Å². The number of rotatable bonds is 7. The Morgan fingerprint density at radius 2 is 1.60 bits per heavy atom. The summed E-state index contributed by atoms with van der Waals surface area (Å²) in [5, 5.41) is 1.09. The predicted molar refractivity (Wildman–Crippen MR) is 51.8 cm³/mol. The predicted octanol–water partition coefficient (Wildman–Crippen LogP) is 4.13. The number of alkyl halides is 1. The Bertz CT molecular complexity index is 112. The average Bonchev–Trinajstić information content (AvgIpc) is 2.01. The van der Waals surface area contributed by atoms with Crippen LogP contribution in [0.4, 0.5) is 0 Å². The molecule has 0 nitrogen and oxygen atoms in total. The number of halogens is 1. The molecule has 0 aromatic rings. The molecule has 0 aliphatic carbocycles. The Labute approximate surface area is 77.7 Å². The minimum absolute atomic E-state index is 0.380. The van der Waals surface area contributed by atoms with Crippen molar-refractivity contribution in [2.75, 3.05) is 5.33 Å². The number of hydrogen-bond donors (Lipinski definition) is 0. The standard InChI is InChI=1S/C9H19Br/c1-2-3-4-5-6-7-8-9-10/h2-9H2,1H3/i1D3. The summed E-state index contributed by atoms with van der Waals surface area (Å²) in [6.07, 6.45) is 7.23. The van der Waals surface area contributed by atoms with Gasteiger partial charge in [0, 0.05) is 9.44 Å². The molecular formula is C9H19Br. The summed E-state index contributed by atoms with van der Waals surface area (Å²) in [5.74, 6) is 0. The minimum Gasteiger partial charge on any atom is -0.0928 e. The molecular weight excluding hydrogens is 188 g/mol. The van der Waals surface area contributed by atoms with Gasteiger partial charge in [-0.15, -0.1) is 0 Å². The monoisotopic (exact) mass is 209 g/mol. The molecule has 0 saturated heterocycles. The van der Waals surface area contributed by atoms with Gasteiger partial charge in [0.15, 0.2) is 0 Å². The summed E-state index contributed by atoms with van der Waals surface area (Å²) in [6.45, 7) is -1.71. The largest absolute Gasteiger partial charge is 0.0928 e. The summed E-state index contributed by atoms with van der Waals surface area (Å²) in [6, 6.07) is 0. The van der Waals surface area contributed by atoms with Crippen LogP contribution in [0.5, 0.6) is 0 Å². The van der Waals surface area contributed by atoms with Crippen molar-refractivity contribution in [3.63, 3.8) is 0 Å². The van der Waals surface area contributed by atoms with E-state index in [1.807, 2.05) is 0 Å². The first-order valence-electron chi connectivity index (χ1n) is 5.62. The lowest BCUT2D eigenvalue weighted by Crippen LogP contribution is -1.79. The van der Waals surface area contributed by atoms with Crippen LogP contribution in [0.1, 0.15) is 55.9 Å². The van der Waals surface area contributed by atoms with Gasteiger partial charge in [0.25, 0.3) is 0 Å². The molecule has 10 heavy (non-hydrogen) atoms. The molecule has 0 unspecified atom stereocenters. The summed E-state index contributed by atoms with van der Waals surface area (Å²) in [7, 11) is 0. The second-order valence-electron chi connectivity index (χ2n) is 2.56. The molecule has 0 bridgehead atoms. The van der Waals surface area contributed by atoms with Crippen molar-refractivity contribution >= 4 is 15.9 Å². The van der Waals surface area contributed by atoms with Crippen LogP contribution in [0.2, 0.25) is 0 Å². The van der Waals surface area contributed by atoms with E-state index in [4.69, 9.17) is 4.11 Å². The minimum atomic E-state index is -1.71. The van der Waals surface area contributed by atoms with Crippen LogP contribution in [0.3, 0.4) is 0 Å². The zero-order valence-corrected chi connectivity index (χ0v) is 8.12. The number of hydrogen-bond acceptors (Lipinski definition) is 0. The van der Waals surface area contributed by atoms with Crippen molar-refractivity contribution < 1.29 is 4.11 Å². The Kier molecular flexibility index (Phi) is 5.73. The van der Waals surface area contributed by atoms with E-state index in [0.29, 0.717) is 6.42 Å². The maximum atomic E-state index is 7.01. The maximum Gasteiger partial charge on any atom is 0.0230 e. The van der Waals surface area contributed by atoms with E-state index in [2.05, 4.69) is 15.9 Å². The lowest BCUT2D eigenvalue weighted by Gasteiger charge is -1.97. The molecule has 62 valence electrons. The van der Waals surface area contributed by atoms with Crippen LogP contribution in [0, 0.1) is 0 Å². The van der Waals surface area contributed by atoms with Gasteiger partial charge in [-0.3, -0.25) is 0 Å². The highest BCUT2D eigenvalue weighted by Crippen LogP contribution is 2.07. The summed E-state index contributed by atoms with van der Waals surface area (Å²) < 4.78 is 21.0. The van der Waals surface area contributed by atoms with E-state index in [0.717, 1.165) is 18.2 Å². The third-order valence-corrected chi connectivity index (χ3v) is 2.12. The van der Waals surface area contributed by atoms with Crippen LogP contribution in [0.25, 0.3) is 0 Å². The van der Waals surface area contributed by atoms with Crippen molar-refractivity contribution in [2.45, 2.75) is 51.8 Å². The molecule has 0 heterocycles. The van der Waals surface area contributed by atoms with Gasteiger partial charge in [0.1, 0.15) is 0 Å². The van der Waals surface area contributed by atoms with Gasteiger partial charge in [-0.2, -0.15) is 0 Å². The molecule has 0 spiro atoms. The Morgan fingerprint density at radius 3 is 2.20 bits per heavy atom. The van der Waals surface area contributed by atoms with Crippen LogP contribution < -0.4 is 0 Å². The fourth-order valence-electron chi connectivity index (χ4n) is 0.927. The zero-order valence-electron chi connectivity index (χ0n) is 9.53. The van der Waals surface area contributed by atoms with Gasteiger partial charge in [0.05, 0.1) is 0 Å². The topological polar surface area (TPSA) is 0 Å². The first-order chi connectivity index (χ1) is 6.06. The van der Waals surface area contributed by atoms with Crippen molar-refractivity contribution in [3.8, 4) is 0 Å². The Morgan fingerprint density at radius 1 is 1.00 bits per heavy atom.